The van der Waals surface area contributed by atoms with E-state index < -0.39 is 0 Å². The van der Waals surface area contributed by atoms with Crippen LogP contribution >= 0.6 is 22.9 Å². The monoisotopic (exact) mass is 332 g/mol. The molecule has 1 aromatic carbocycles. The molecular weight excluding hydrogens is 316 g/mol. The van der Waals surface area contributed by atoms with Crippen molar-refractivity contribution < 1.29 is 0 Å². The number of hydrogen-bond acceptors (Lipinski definition) is 5. The maximum Gasteiger partial charge on any atom is 0.0971 e. The first-order valence-electron chi connectivity index (χ1n) is 7.35. The third-order valence-corrected chi connectivity index (χ3v) is 5.15. The molecule has 114 valence electrons. The fraction of sp³-hybridized carbons (Fsp3) is 0.312. The Morgan fingerprint density at radius 2 is 2.00 bits per heavy atom. The van der Waals surface area contributed by atoms with Crippen molar-refractivity contribution in [2.75, 3.05) is 43.4 Å². The standard InChI is InChI=1S/C16H17ClN4S/c1-20-2-4-21(5-3-20)15-7-12(17)6-11-8-18-13-9-22-10-14(13)19-16(11)15/h6-10,19H,2-5H2,1H3. The van der Waals surface area contributed by atoms with Crippen LogP contribution in [0.2, 0.25) is 5.02 Å². The summed E-state index contributed by atoms with van der Waals surface area (Å²) in [6.45, 7) is 4.16. The number of fused-ring (bicyclic) bond motifs is 2. The van der Waals surface area contributed by atoms with Crippen LogP contribution in [0, 0.1) is 0 Å². The second-order valence-corrected chi connectivity index (χ2v) is 6.91. The van der Waals surface area contributed by atoms with Gasteiger partial charge in [-0.15, -0.1) is 11.3 Å². The van der Waals surface area contributed by atoms with Crippen molar-refractivity contribution in [3.8, 4) is 0 Å². The summed E-state index contributed by atoms with van der Waals surface area (Å²) < 4.78 is 0. The minimum absolute atomic E-state index is 0.755. The van der Waals surface area contributed by atoms with Gasteiger partial charge in [0, 0.05) is 53.7 Å². The molecule has 6 heteroatoms. The minimum Gasteiger partial charge on any atom is -0.367 e. The van der Waals surface area contributed by atoms with Crippen LogP contribution in [0.5, 0.6) is 0 Å². The molecule has 1 saturated heterocycles. The van der Waals surface area contributed by atoms with Gasteiger partial charge < -0.3 is 15.1 Å². The molecule has 0 atom stereocenters. The van der Waals surface area contributed by atoms with Crippen molar-refractivity contribution >= 4 is 51.9 Å². The van der Waals surface area contributed by atoms with Gasteiger partial charge >= 0.3 is 0 Å². The number of nitrogens with one attached hydrogen (secondary N) is 1. The van der Waals surface area contributed by atoms with Gasteiger partial charge in [-0.3, -0.25) is 4.99 Å². The van der Waals surface area contributed by atoms with Crippen molar-refractivity contribution in [2.24, 2.45) is 4.99 Å². The molecule has 0 spiro atoms. The summed E-state index contributed by atoms with van der Waals surface area (Å²) in [4.78, 5) is 9.32. The van der Waals surface area contributed by atoms with Crippen molar-refractivity contribution in [2.45, 2.75) is 0 Å². The molecule has 0 bridgehead atoms. The number of halogens is 1. The van der Waals surface area contributed by atoms with Crippen LogP contribution in [-0.2, 0) is 0 Å². The lowest BCUT2D eigenvalue weighted by molar-refractivity contribution is 0.313. The van der Waals surface area contributed by atoms with E-state index >= 15 is 0 Å². The Hall–Kier alpha value is -1.56. The van der Waals surface area contributed by atoms with Gasteiger partial charge in [0.15, 0.2) is 0 Å². The first-order valence-corrected chi connectivity index (χ1v) is 8.67. The number of piperazine rings is 1. The van der Waals surface area contributed by atoms with Crippen molar-refractivity contribution in [3.05, 3.63) is 33.5 Å². The smallest absolute Gasteiger partial charge is 0.0971 e. The Bertz CT molecular complexity index is 732. The molecule has 1 N–H and O–H groups in total. The number of anilines is 3. The van der Waals surface area contributed by atoms with Gasteiger partial charge in [0.05, 0.1) is 22.7 Å². The quantitative estimate of drug-likeness (QED) is 0.731. The van der Waals surface area contributed by atoms with Crippen molar-refractivity contribution in [3.63, 3.8) is 0 Å². The van der Waals surface area contributed by atoms with E-state index in [-0.39, 0.29) is 0 Å². The second kappa shape index (κ2) is 5.57. The Kier molecular flexibility index (Phi) is 3.56. The summed E-state index contributed by atoms with van der Waals surface area (Å²) in [5.74, 6) is 0. The molecule has 22 heavy (non-hydrogen) atoms. The third-order valence-electron chi connectivity index (χ3n) is 4.20. The molecule has 2 aromatic rings. The molecule has 1 aromatic heterocycles. The Labute approximate surface area is 139 Å². The van der Waals surface area contributed by atoms with Gasteiger partial charge in [-0.1, -0.05) is 11.6 Å². The average Bonchev–Trinajstić information content (AvgIpc) is 2.88. The second-order valence-electron chi connectivity index (χ2n) is 5.73. The van der Waals surface area contributed by atoms with Gasteiger partial charge in [-0.05, 0) is 19.2 Å². The van der Waals surface area contributed by atoms with Gasteiger partial charge in [0.2, 0.25) is 0 Å². The van der Waals surface area contributed by atoms with Crippen LogP contribution in [0.1, 0.15) is 5.56 Å². The van der Waals surface area contributed by atoms with E-state index in [9.17, 15) is 0 Å². The van der Waals surface area contributed by atoms with Crippen LogP contribution in [-0.4, -0.2) is 44.3 Å². The zero-order valence-corrected chi connectivity index (χ0v) is 13.9. The van der Waals surface area contributed by atoms with Gasteiger partial charge in [-0.2, -0.15) is 0 Å². The molecule has 0 radical (unpaired) electrons. The zero-order chi connectivity index (χ0) is 15.1. The Morgan fingerprint density at radius 3 is 2.82 bits per heavy atom. The highest BCUT2D eigenvalue weighted by Gasteiger charge is 2.21. The maximum atomic E-state index is 6.34. The lowest BCUT2D eigenvalue weighted by Gasteiger charge is -2.35. The minimum atomic E-state index is 0.755. The topological polar surface area (TPSA) is 30.9 Å². The van der Waals surface area contributed by atoms with Gasteiger partial charge in [0.1, 0.15) is 0 Å². The van der Waals surface area contributed by atoms with E-state index in [0.717, 1.165) is 53.8 Å². The predicted molar refractivity (Wildman–Crippen MR) is 96.0 cm³/mol. The summed E-state index contributed by atoms with van der Waals surface area (Å²) in [5.41, 5.74) is 5.37. The average molecular weight is 333 g/mol. The van der Waals surface area contributed by atoms with Crippen LogP contribution in [0.4, 0.5) is 22.7 Å². The van der Waals surface area contributed by atoms with Crippen LogP contribution in [0.15, 0.2) is 27.9 Å². The number of nitrogens with zero attached hydrogens (tertiary/aromatic N) is 3. The van der Waals surface area contributed by atoms with Crippen molar-refractivity contribution in [1.29, 1.82) is 0 Å². The van der Waals surface area contributed by atoms with E-state index in [0.29, 0.717) is 0 Å². The van der Waals surface area contributed by atoms with Crippen LogP contribution in [0.25, 0.3) is 0 Å². The largest absolute Gasteiger partial charge is 0.367 e. The molecule has 2 aliphatic rings. The third kappa shape index (κ3) is 2.49. The first kappa shape index (κ1) is 14.1. The zero-order valence-electron chi connectivity index (χ0n) is 12.3. The fourth-order valence-corrected chi connectivity index (χ4v) is 3.83. The van der Waals surface area contributed by atoms with E-state index in [1.54, 1.807) is 11.3 Å². The Morgan fingerprint density at radius 1 is 1.18 bits per heavy atom. The van der Waals surface area contributed by atoms with E-state index in [1.807, 2.05) is 12.3 Å². The van der Waals surface area contributed by atoms with E-state index in [4.69, 9.17) is 11.6 Å². The maximum absolute atomic E-state index is 6.34. The number of rotatable bonds is 1. The number of benzene rings is 1. The first-order chi connectivity index (χ1) is 10.7. The summed E-state index contributed by atoms with van der Waals surface area (Å²) in [6.07, 6.45) is 1.91. The molecule has 0 amide bonds. The molecular formula is C16H17ClN4S. The molecule has 0 aliphatic carbocycles. The summed E-state index contributed by atoms with van der Waals surface area (Å²) in [6, 6.07) is 4.03. The summed E-state index contributed by atoms with van der Waals surface area (Å²) in [7, 11) is 2.17. The predicted octanol–water partition coefficient (Wildman–Crippen LogP) is 3.96. The molecule has 4 nitrogen and oxygen atoms in total. The molecule has 2 aliphatic heterocycles. The van der Waals surface area contributed by atoms with Crippen molar-refractivity contribution in [1.82, 2.24) is 4.90 Å². The van der Waals surface area contributed by atoms with Gasteiger partial charge in [-0.25, -0.2) is 0 Å². The fourth-order valence-electron chi connectivity index (χ4n) is 2.91. The molecule has 3 heterocycles. The van der Waals surface area contributed by atoms with E-state index in [1.165, 1.54) is 5.69 Å². The number of likely N-dealkylation sites (N-methyl/N-ethyl adjacent to an activating group) is 1. The van der Waals surface area contributed by atoms with Crippen LogP contribution < -0.4 is 10.2 Å². The summed E-state index contributed by atoms with van der Waals surface area (Å²) in [5, 5.41) is 8.47. The highest BCUT2D eigenvalue weighted by Crippen LogP contribution is 2.41. The lowest BCUT2D eigenvalue weighted by Crippen LogP contribution is -2.44. The van der Waals surface area contributed by atoms with E-state index in [2.05, 4.69) is 44.0 Å². The molecule has 1 fully saturated rings. The molecule has 4 rings (SSSR count). The SMILES string of the molecule is CN1CCN(c2cc(Cl)cc3c2Nc2cscc2N=C3)CC1. The van der Waals surface area contributed by atoms with Gasteiger partial charge in [0.25, 0.3) is 0 Å². The number of thiophene rings is 1. The Balaban J connectivity index is 1.78. The number of hydrogen-bond donors (Lipinski definition) is 1. The normalized spacial score (nSPS) is 17.6. The highest BCUT2D eigenvalue weighted by molar-refractivity contribution is 7.08. The molecule has 0 saturated carbocycles. The highest BCUT2D eigenvalue weighted by atomic mass is 35.5. The molecule has 0 unspecified atom stereocenters. The van der Waals surface area contributed by atoms with Crippen LogP contribution in [0.3, 0.4) is 0 Å². The summed E-state index contributed by atoms with van der Waals surface area (Å²) >= 11 is 8.01. The lowest BCUT2D eigenvalue weighted by atomic mass is 10.1. The number of aliphatic imine (C=N–C) groups is 1.